The predicted octanol–water partition coefficient (Wildman–Crippen LogP) is 2.02. The molecule has 0 aromatic carbocycles. The summed E-state index contributed by atoms with van der Waals surface area (Å²) in [6.45, 7) is 2.29. The largest absolute Gasteiger partial charge is 0.379 e. The van der Waals surface area contributed by atoms with Gasteiger partial charge >= 0.3 is 0 Å². The third-order valence-electron chi connectivity index (χ3n) is 2.48. The van der Waals surface area contributed by atoms with E-state index in [1.54, 1.807) is 11.3 Å². The molecular weight excluding hydrogens is 206 g/mol. The maximum atomic E-state index is 5.89. The van der Waals surface area contributed by atoms with E-state index in [-0.39, 0.29) is 5.41 Å². The molecule has 13 heavy (non-hydrogen) atoms. The lowest BCUT2D eigenvalue weighted by Crippen LogP contribution is -2.47. The van der Waals surface area contributed by atoms with E-state index in [0.717, 1.165) is 24.0 Å². The summed E-state index contributed by atoms with van der Waals surface area (Å²) in [7, 11) is 0. The molecule has 0 saturated carbocycles. The van der Waals surface area contributed by atoms with Gasteiger partial charge in [-0.05, 0) is 25.1 Å². The summed E-state index contributed by atoms with van der Waals surface area (Å²) in [5.74, 6) is 0. The quantitative estimate of drug-likeness (QED) is 0.841. The summed E-state index contributed by atoms with van der Waals surface area (Å²) < 4.78 is 6.11. The summed E-state index contributed by atoms with van der Waals surface area (Å²) >= 11 is 7.53. The van der Waals surface area contributed by atoms with Crippen molar-refractivity contribution >= 4 is 22.9 Å². The first-order chi connectivity index (χ1) is 6.27. The minimum absolute atomic E-state index is 0.173. The minimum atomic E-state index is 0.173. The van der Waals surface area contributed by atoms with Gasteiger partial charge in [0.2, 0.25) is 0 Å². The van der Waals surface area contributed by atoms with Crippen molar-refractivity contribution in [3.63, 3.8) is 0 Å². The Balaban J connectivity index is 2.21. The SMILES string of the molecule is NCCC1(c2ccc(Cl)s2)COC1. The van der Waals surface area contributed by atoms with Gasteiger partial charge in [0.25, 0.3) is 0 Å². The van der Waals surface area contributed by atoms with Crippen LogP contribution in [-0.2, 0) is 10.2 Å². The predicted molar refractivity (Wildman–Crippen MR) is 55.5 cm³/mol. The van der Waals surface area contributed by atoms with E-state index in [2.05, 4.69) is 6.07 Å². The molecule has 1 aromatic heterocycles. The van der Waals surface area contributed by atoms with Gasteiger partial charge in [-0.3, -0.25) is 0 Å². The number of rotatable bonds is 3. The molecule has 0 unspecified atom stereocenters. The summed E-state index contributed by atoms with van der Waals surface area (Å²) in [6.07, 6.45) is 0.990. The lowest BCUT2D eigenvalue weighted by Gasteiger charge is -2.40. The summed E-state index contributed by atoms with van der Waals surface area (Å²) in [6, 6.07) is 4.03. The molecule has 4 heteroatoms. The maximum Gasteiger partial charge on any atom is 0.0931 e. The molecule has 2 N–H and O–H groups in total. The monoisotopic (exact) mass is 217 g/mol. The smallest absolute Gasteiger partial charge is 0.0931 e. The molecule has 1 aliphatic rings. The summed E-state index contributed by atoms with van der Waals surface area (Å²) in [4.78, 5) is 1.31. The first-order valence-corrected chi connectivity index (χ1v) is 5.50. The fourth-order valence-electron chi connectivity index (χ4n) is 1.63. The highest BCUT2D eigenvalue weighted by Crippen LogP contribution is 2.40. The Bertz CT molecular complexity index is 296. The van der Waals surface area contributed by atoms with Gasteiger partial charge in [0.05, 0.1) is 23.0 Å². The van der Waals surface area contributed by atoms with Gasteiger partial charge in [-0.15, -0.1) is 11.3 Å². The molecule has 0 atom stereocenters. The third-order valence-corrected chi connectivity index (χ3v) is 3.95. The second-order valence-electron chi connectivity index (χ2n) is 3.42. The van der Waals surface area contributed by atoms with Crippen LogP contribution < -0.4 is 5.73 Å². The van der Waals surface area contributed by atoms with Gasteiger partial charge < -0.3 is 10.5 Å². The van der Waals surface area contributed by atoms with E-state index < -0.39 is 0 Å². The Morgan fingerprint density at radius 1 is 1.54 bits per heavy atom. The highest BCUT2D eigenvalue weighted by Gasteiger charge is 2.40. The van der Waals surface area contributed by atoms with Gasteiger partial charge in [0, 0.05) is 4.88 Å². The van der Waals surface area contributed by atoms with Crippen LogP contribution in [0.25, 0.3) is 0 Å². The zero-order chi connectivity index (χ0) is 9.31. The second-order valence-corrected chi connectivity index (χ2v) is 5.13. The van der Waals surface area contributed by atoms with Crippen LogP contribution >= 0.6 is 22.9 Å². The maximum absolute atomic E-state index is 5.89. The van der Waals surface area contributed by atoms with Gasteiger partial charge in [-0.25, -0.2) is 0 Å². The van der Waals surface area contributed by atoms with E-state index >= 15 is 0 Å². The minimum Gasteiger partial charge on any atom is -0.379 e. The van der Waals surface area contributed by atoms with Crippen LogP contribution in [0.1, 0.15) is 11.3 Å². The summed E-state index contributed by atoms with van der Waals surface area (Å²) in [5.41, 5.74) is 5.76. The molecule has 72 valence electrons. The summed E-state index contributed by atoms with van der Waals surface area (Å²) in [5, 5.41) is 0. The van der Waals surface area contributed by atoms with Crippen LogP contribution in [-0.4, -0.2) is 19.8 Å². The van der Waals surface area contributed by atoms with Gasteiger partial charge in [-0.2, -0.15) is 0 Å². The second kappa shape index (κ2) is 3.58. The molecule has 1 aromatic rings. The molecule has 0 amide bonds. The van der Waals surface area contributed by atoms with Crippen LogP contribution in [0.4, 0.5) is 0 Å². The fourth-order valence-corrected chi connectivity index (χ4v) is 2.86. The van der Waals surface area contributed by atoms with Crippen molar-refractivity contribution in [2.45, 2.75) is 11.8 Å². The fraction of sp³-hybridized carbons (Fsp3) is 0.556. The number of nitrogens with two attached hydrogens (primary N) is 1. The van der Waals surface area contributed by atoms with E-state index in [1.807, 2.05) is 6.07 Å². The molecule has 1 aliphatic heterocycles. The first kappa shape index (κ1) is 9.46. The van der Waals surface area contributed by atoms with Crippen LogP contribution in [0, 0.1) is 0 Å². The Morgan fingerprint density at radius 3 is 2.69 bits per heavy atom. The molecule has 2 heterocycles. The number of ether oxygens (including phenoxy) is 1. The van der Waals surface area contributed by atoms with E-state index in [1.165, 1.54) is 4.88 Å². The molecule has 0 bridgehead atoms. The number of thiophene rings is 1. The molecule has 0 radical (unpaired) electrons. The highest BCUT2D eigenvalue weighted by molar-refractivity contribution is 7.16. The average Bonchev–Trinajstić information content (AvgIpc) is 2.44. The Hall–Kier alpha value is -0.0900. The van der Waals surface area contributed by atoms with Crippen molar-refractivity contribution in [1.29, 1.82) is 0 Å². The van der Waals surface area contributed by atoms with Crippen molar-refractivity contribution in [2.24, 2.45) is 5.73 Å². The van der Waals surface area contributed by atoms with Crippen molar-refractivity contribution in [3.05, 3.63) is 21.3 Å². The van der Waals surface area contributed by atoms with Crippen LogP contribution in [0.5, 0.6) is 0 Å². The molecule has 2 rings (SSSR count). The normalized spacial score (nSPS) is 19.8. The van der Waals surface area contributed by atoms with Crippen molar-refractivity contribution in [1.82, 2.24) is 0 Å². The third kappa shape index (κ3) is 1.62. The average molecular weight is 218 g/mol. The topological polar surface area (TPSA) is 35.2 Å². The van der Waals surface area contributed by atoms with Crippen LogP contribution in [0.2, 0.25) is 4.34 Å². The Labute approximate surface area is 86.6 Å². The first-order valence-electron chi connectivity index (χ1n) is 4.30. The zero-order valence-corrected chi connectivity index (χ0v) is 8.83. The van der Waals surface area contributed by atoms with Gasteiger partial charge in [-0.1, -0.05) is 11.6 Å². The van der Waals surface area contributed by atoms with Crippen molar-refractivity contribution in [2.75, 3.05) is 19.8 Å². The molecule has 1 saturated heterocycles. The Morgan fingerprint density at radius 2 is 2.31 bits per heavy atom. The number of hydrogen-bond donors (Lipinski definition) is 1. The molecule has 1 fully saturated rings. The molecule has 0 spiro atoms. The van der Waals surface area contributed by atoms with E-state index in [9.17, 15) is 0 Å². The molecular formula is C9H12ClNOS. The van der Waals surface area contributed by atoms with E-state index in [4.69, 9.17) is 22.1 Å². The van der Waals surface area contributed by atoms with Crippen molar-refractivity contribution < 1.29 is 4.74 Å². The molecule has 2 nitrogen and oxygen atoms in total. The Kier molecular flexibility index (Phi) is 2.60. The molecule has 0 aliphatic carbocycles. The van der Waals surface area contributed by atoms with Gasteiger partial charge in [0.15, 0.2) is 0 Å². The van der Waals surface area contributed by atoms with Gasteiger partial charge in [0.1, 0.15) is 0 Å². The number of hydrogen-bond acceptors (Lipinski definition) is 3. The highest BCUT2D eigenvalue weighted by atomic mass is 35.5. The lowest BCUT2D eigenvalue weighted by molar-refractivity contribution is -0.0612. The standard InChI is InChI=1S/C9H12ClNOS/c10-8-2-1-7(13-8)9(3-4-11)5-12-6-9/h1-2H,3-6,11H2. The lowest BCUT2D eigenvalue weighted by atomic mass is 9.81. The van der Waals surface area contributed by atoms with Crippen LogP contribution in [0.15, 0.2) is 12.1 Å². The van der Waals surface area contributed by atoms with E-state index in [0.29, 0.717) is 6.54 Å². The van der Waals surface area contributed by atoms with Crippen molar-refractivity contribution in [3.8, 4) is 0 Å². The zero-order valence-electron chi connectivity index (χ0n) is 7.25. The number of halogens is 1. The van der Waals surface area contributed by atoms with Crippen LogP contribution in [0.3, 0.4) is 0 Å².